The minimum atomic E-state index is -0.723. The van der Waals surface area contributed by atoms with E-state index >= 15 is 0 Å². The Morgan fingerprint density at radius 3 is 2.56 bits per heavy atom. The summed E-state index contributed by atoms with van der Waals surface area (Å²) in [6, 6.07) is 7.97. The number of fused-ring (bicyclic) bond motifs is 3. The van der Waals surface area contributed by atoms with Crippen LogP contribution in [0, 0.1) is 12.7 Å². The number of aromatic nitrogens is 4. The molecule has 1 N–H and O–H groups in total. The van der Waals surface area contributed by atoms with Crippen molar-refractivity contribution >= 4 is 16.6 Å². The van der Waals surface area contributed by atoms with Gasteiger partial charge in [-0.1, -0.05) is 12.1 Å². The summed E-state index contributed by atoms with van der Waals surface area (Å²) in [6.45, 7) is 5.27. The van der Waals surface area contributed by atoms with Crippen LogP contribution in [0.5, 0.6) is 0 Å². The largest absolute Gasteiger partial charge is 0.394 e. The van der Waals surface area contributed by atoms with Crippen LogP contribution in [0.2, 0.25) is 0 Å². The van der Waals surface area contributed by atoms with Gasteiger partial charge in [0, 0.05) is 18.0 Å². The Kier molecular flexibility index (Phi) is 3.85. The van der Waals surface area contributed by atoms with Crippen LogP contribution < -0.4 is 5.56 Å². The molecule has 0 bridgehead atoms. The van der Waals surface area contributed by atoms with E-state index in [9.17, 15) is 14.3 Å². The van der Waals surface area contributed by atoms with Crippen LogP contribution in [-0.4, -0.2) is 30.9 Å². The van der Waals surface area contributed by atoms with Crippen molar-refractivity contribution in [1.29, 1.82) is 0 Å². The van der Waals surface area contributed by atoms with Gasteiger partial charge in [-0.25, -0.2) is 13.9 Å². The van der Waals surface area contributed by atoms with E-state index in [1.54, 1.807) is 42.8 Å². The highest BCUT2D eigenvalue weighted by Gasteiger charge is 2.22. The fourth-order valence-corrected chi connectivity index (χ4v) is 3.28. The molecule has 4 aromatic rings. The smallest absolute Gasteiger partial charge is 0.262 e. The van der Waals surface area contributed by atoms with E-state index in [1.165, 1.54) is 22.9 Å². The maximum Gasteiger partial charge on any atom is 0.262 e. The SMILES string of the molecule is Cc1nn2c(ncc3c(=O)n(C(C)(C)CO)ccc32)c1-c1ccc(F)cc1. The highest BCUT2D eigenvalue weighted by molar-refractivity contribution is 5.86. The van der Waals surface area contributed by atoms with Crippen LogP contribution in [0.1, 0.15) is 19.5 Å². The Bertz CT molecular complexity index is 1220. The third-order valence-corrected chi connectivity index (χ3v) is 4.86. The molecule has 0 saturated carbocycles. The van der Waals surface area contributed by atoms with E-state index in [0.29, 0.717) is 16.6 Å². The Labute approximate surface area is 154 Å². The standard InChI is InChI=1S/C20H19FN4O2/c1-12-17(13-4-6-14(21)7-5-13)18-22-10-15-16(25(18)23-12)8-9-24(19(15)27)20(2,3)11-26/h4-10,26H,11H2,1-3H3. The van der Waals surface area contributed by atoms with Gasteiger partial charge >= 0.3 is 0 Å². The van der Waals surface area contributed by atoms with Crippen molar-refractivity contribution in [1.82, 2.24) is 19.2 Å². The Balaban J connectivity index is 2.01. The number of halogens is 1. The number of pyridine rings is 1. The number of rotatable bonds is 3. The number of hydrogen-bond acceptors (Lipinski definition) is 4. The zero-order chi connectivity index (χ0) is 19.3. The highest BCUT2D eigenvalue weighted by Crippen LogP contribution is 2.28. The first kappa shape index (κ1) is 17.4. The van der Waals surface area contributed by atoms with Gasteiger partial charge in [0.25, 0.3) is 5.56 Å². The number of benzene rings is 1. The fourth-order valence-electron chi connectivity index (χ4n) is 3.28. The second-order valence-corrected chi connectivity index (χ2v) is 7.22. The van der Waals surface area contributed by atoms with Gasteiger partial charge in [-0.2, -0.15) is 5.10 Å². The second kappa shape index (κ2) is 5.99. The van der Waals surface area contributed by atoms with Gasteiger partial charge in [-0.05, 0) is 44.5 Å². The zero-order valence-corrected chi connectivity index (χ0v) is 15.3. The highest BCUT2D eigenvalue weighted by atomic mass is 19.1. The van der Waals surface area contributed by atoms with E-state index in [1.807, 2.05) is 6.92 Å². The lowest BCUT2D eigenvalue weighted by Crippen LogP contribution is -2.38. The first-order valence-corrected chi connectivity index (χ1v) is 8.60. The molecule has 0 aliphatic heterocycles. The van der Waals surface area contributed by atoms with Crippen molar-refractivity contribution < 1.29 is 9.50 Å². The summed E-state index contributed by atoms with van der Waals surface area (Å²) >= 11 is 0. The van der Waals surface area contributed by atoms with Gasteiger partial charge in [-0.3, -0.25) is 4.79 Å². The molecule has 0 aliphatic carbocycles. The molecule has 4 rings (SSSR count). The molecule has 0 radical (unpaired) electrons. The molecule has 0 saturated heterocycles. The van der Waals surface area contributed by atoms with Crippen LogP contribution in [-0.2, 0) is 5.54 Å². The third-order valence-electron chi connectivity index (χ3n) is 4.86. The predicted molar refractivity (Wildman–Crippen MR) is 101 cm³/mol. The molecule has 1 aromatic carbocycles. The monoisotopic (exact) mass is 366 g/mol. The van der Waals surface area contributed by atoms with Gasteiger partial charge in [0.2, 0.25) is 0 Å². The number of aliphatic hydroxyl groups is 1. The summed E-state index contributed by atoms with van der Waals surface area (Å²) in [5.41, 5.74) is 2.62. The number of hydrogen-bond donors (Lipinski definition) is 1. The average molecular weight is 366 g/mol. The normalized spacial score (nSPS) is 12.2. The van der Waals surface area contributed by atoms with Crippen molar-refractivity contribution in [2.24, 2.45) is 0 Å². The summed E-state index contributed by atoms with van der Waals surface area (Å²) in [4.78, 5) is 17.4. The first-order valence-electron chi connectivity index (χ1n) is 8.60. The Morgan fingerprint density at radius 1 is 1.19 bits per heavy atom. The van der Waals surface area contributed by atoms with E-state index in [0.717, 1.165) is 16.8 Å². The summed E-state index contributed by atoms with van der Waals surface area (Å²) in [6.07, 6.45) is 3.19. The average Bonchev–Trinajstić information content (AvgIpc) is 2.99. The number of aryl methyl sites for hydroxylation is 1. The van der Waals surface area contributed by atoms with Gasteiger partial charge in [0.05, 0.1) is 28.7 Å². The van der Waals surface area contributed by atoms with E-state index in [2.05, 4.69) is 10.1 Å². The third kappa shape index (κ3) is 2.62. The lowest BCUT2D eigenvalue weighted by atomic mass is 10.1. The van der Waals surface area contributed by atoms with E-state index < -0.39 is 5.54 Å². The maximum absolute atomic E-state index is 13.3. The lowest BCUT2D eigenvalue weighted by Gasteiger charge is -2.25. The van der Waals surface area contributed by atoms with Crippen LogP contribution in [0.15, 0.2) is 47.5 Å². The minimum Gasteiger partial charge on any atom is -0.394 e. The molecule has 7 heteroatoms. The molecule has 0 unspecified atom stereocenters. The molecule has 0 fully saturated rings. The first-order chi connectivity index (χ1) is 12.8. The maximum atomic E-state index is 13.3. The van der Waals surface area contributed by atoms with Crippen LogP contribution >= 0.6 is 0 Å². The predicted octanol–water partition coefficient (Wildman–Crippen LogP) is 2.89. The molecule has 138 valence electrons. The minimum absolute atomic E-state index is 0.163. The second-order valence-electron chi connectivity index (χ2n) is 7.22. The molecule has 3 aromatic heterocycles. The Morgan fingerprint density at radius 2 is 1.89 bits per heavy atom. The van der Waals surface area contributed by atoms with E-state index in [-0.39, 0.29) is 18.0 Å². The van der Waals surface area contributed by atoms with Crippen LogP contribution in [0.25, 0.3) is 27.7 Å². The van der Waals surface area contributed by atoms with Crippen LogP contribution in [0.4, 0.5) is 4.39 Å². The number of nitrogens with zero attached hydrogens (tertiary/aromatic N) is 4. The molecular formula is C20H19FN4O2. The molecule has 27 heavy (non-hydrogen) atoms. The quantitative estimate of drug-likeness (QED) is 0.605. The van der Waals surface area contributed by atoms with Gasteiger partial charge < -0.3 is 9.67 Å². The topological polar surface area (TPSA) is 72.4 Å². The van der Waals surface area contributed by atoms with Crippen molar-refractivity contribution in [2.75, 3.05) is 6.61 Å². The zero-order valence-electron chi connectivity index (χ0n) is 15.3. The van der Waals surface area contributed by atoms with E-state index in [4.69, 9.17) is 0 Å². The molecule has 0 aliphatic rings. The fraction of sp³-hybridized carbons (Fsp3) is 0.250. The van der Waals surface area contributed by atoms with Gasteiger partial charge in [-0.15, -0.1) is 0 Å². The summed E-state index contributed by atoms with van der Waals surface area (Å²) < 4.78 is 16.4. The van der Waals surface area contributed by atoms with Crippen molar-refractivity contribution in [3.05, 3.63) is 64.6 Å². The molecule has 6 nitrogen and oxygen atoms in total. The summed E-state index contributed by atoms with van der Waals surface area (Å²) in [5.74, 6) is -0.307. The number of aliphatic hydroxyl groups excluding tert-OH is 1. The summed E-state index contributed by atoms with van der Waals surface area (Å²) in [5, 5.41) is 14.6. The summed E-state index contributed by atoms with van der Waals surface area (Å²) in [7, 11) is 0. The molecular weight excluding hydrogens is 347 g/mol. The molecule has 0 atom stereocenters. The van der Waals surface area contributed by atoms with Crippen molar-refractivity contribution in [2.45, 2.75) is 26.3 Å². The van der Waals surface area contributed by atoms with Gasteiger partial charge in [0.1, 0.15) is 5.82 Å². The Hall–Kier alpha value is -3.06. The van der Waals surface area contributed by atoms with Crippen molar-refractivity contribution in [3.63, 3.8) is 0 Å². The van der Waals surface area contributed by atoms with Crippen LogP contribution in [0.3, 0.4) is 0 Å². The molecule has 3 heterocycles. The molecule has 0 amide bonds. The molecule has 0 spiro atoms. The lowest BCUT2D eigenvalue weighted by molar-refractivity contribution is 0.161. The van der Waals surface area contributed by atoms with Gasteiger partial charge in [0.15, 0.2) is 5.65 Å². The van der Waals surface area contributed by atoms with Crippen molar-refractivity contribution in [3.8, 4) is 11.1 Å².